The maximum atomic E-state index is 5.80. The van der Waals surface area contributed by atoms with E-state index >= 15 is 0 Å². The third kappa shape index (κ3) is 2.94. The Labute approximate surface area is 83.5 Å². The molecule has 1 rings (SSSR count). The first kappa shape index (κ1) is 10.3. The summed E-state index contributed by atoms with van der Waals surface area (Å²) in [6, 6.07) is 0.616. The Morgan fingerprint density at radius 2 is 2.50 bits per heavy atom. The predicted molar refractivity (Wildman–Crippen MR) is 53.7 cm³/mol. The van der Waals surface area contributed by atoms with E-state index in [4.69, 9.17) is 23.2 Å². The van der Waals surface area contributed by atoms with E-state index in [1.807, 2.05) is 7.05 Å². The molecule has 0 amide bonds. The minimum absolute atomic E-state index is 0.616. The molecule has 1 saturated heterocycles. The number of nitrogens with one attached hydrogen (secondary N) is 1. The minimum Gasteiger partial charge on any atom is -0.316 e. The molecule has 12 heavy (non-hydrogen) atoms. The van der Waals surface area contributed by atoms with Crippen LogP contribution >= 0.6 is 23.2 Å². The van der Waals surface area contributed by atoms with Gasteiger partial charge in [-0.2, -0.15) is 0 Å². The third-order valence-corrected chi connectivity index (χ3v) is 2.78. The van der Waals surface area contributed by atoms with Crippen molar-refractivity contribution in [2.24, 2.45) is 0 Å². The minimum atomic E-state index is 0.616. The predicted octanol–water partition coefficient (Wildman–Crippen LogP) is 1.60. The Morgan fingerprint density at radius 1 is 1.75 bits per heavy atom. The zero-order chi connectivity index (χ0) is 8.97. The number of likely N-dealkylation sites (N-methyl/N-ethyl adjacent to an activating group) is 1. The van der Waals surface area contributed by atoms with Crippen LogP contribution in [0.3, 0.4) is 0 Å². The van der Waals surface area contributed by atoms with Gasteiger partial charge in [-0.1, -0.05) is 23.2 Å². The molecule has 0 aromatic carbocycles. The average molecular weight is 209 g/mol. The smallest absolute Gasteiger partial charge is 0.0434 e. The van der Waals surface area contributed by atoms with Crippen LogP contribution in [0.2, 0.25) is 0 Å². The molecule has 1 aliphatic heterocycles. The normalized spacial score (nSPS) is 26.6. The van der Waals surface area contributed by atoms with Gasteiger partial charge in [-0.05, 0) is 13.5 Å². The highest BCUT2D eigenvalue weighted by Crippen LogP contribution is 2.13. The fraction of sp³-hybridized carbons (Fsp3) is 0.750. The van der Waals surface area contributed by atoms with Crippen molar-refractivity contribution in [3.63, 3.8) is 0 Å². The second kappa shape index (κ2) is 5.07. The third-order valence-electron chi connectivity index (χ3n) is 2.17. The van der Waals surface area contributed by atoms with Crippen LogP contribution in [0.4, 0.5) is 0 Å². The molecule has 1 fully saturated rings. The molecule has 1 heterocycles. The topological polar surface area (TPSA) is 15.3 Å². The first-order chi connectivity index (χ1) is 5.76. The number of hydrogen-bond acceptors (Lipinski definition) is 2. The Morgan fingerprint density at radius 3 is 3.00 bits per heavy atom. The van der Waals surface area contributed by atoms with Gasteiger partial charge in [0.25, 0.3) is 0 Å². The van der Waals surface area contributed by atoms with Crippen LogP contribution in [0, 0.1) is 0 Å². The lowest BCUT2D eigenvalue weighted by Gasteiger charge is -2.14. The average Bonchev–Trinajstić information content (AvgIpc) is 2.52. The molecule has 0 aromatic heterocycles. The molecule has 0 spiro atoms. The molecule has 0 saturated carbocycles. The van der Waals surface area contributed by atoms with Crippen LogP contribution in [0.1, 0.15) is 6.42 Å². The van der Waals surface area contributed by atoms with Crippen molar-refractivity contribution in [3.05, 3.63) is 10.6 Å². The van der Waals surface area contributed by atoms with Gasteiger partial charge in [0.1, 0.15) is 0 Å². The molecule has 1 unspecified atom stereocenters. The van der Waals surface area contributed by atoms with Gasteiger partial charge in [-0.3, -0.25) is 4.90 Å². The van der Waals surface area contributed by atoms with Crippen molar-refractivity contribution in [1.29, 1.82) is 0 Å². The fourth-order valence-electron chi connectivity index (χ4n) is 1.46. The molecule has 0 radical (unpaired) electrons. The lowest BCUT2D eigenvalue weighted by atomic mass is 10.3. The Kier molecular flexibility index (Phi) is 4.36. The molecule has 1 N–H and O–H groups in total. The van der Waals surface area contributed by atoms with E-state index in [9.17, 15) is 0 Å². The second-order valence-electron chi connectivity index (χ2n) is 3.07. The van der Waals surface area contributed by atoms with Crippen LogP contribution in [0.5, 0.6) is 0 Å². The molecule has 70 valence electrons. The summed E-state index contributed by atoms with van der Waals surface area (Å²) in [7, 11) is 1.99. The van der Waals surface area contributed by atoms with Crippen molar-refractivity contribution in [3.8, 4) is 0 Å². The van der Waals surface area contributed by atoms with Crippen LogP contribution in [0.15, 0.2) is 10.6 Å². The van der Waals surface area contributed by atoms with E-state index < -0.39 is 0 Å². The second-order valence-corrected chi connectivity index (χ2v) is 3.77. The van der Waals surface area contributed by atoms with Gasteiger partial charge in [0.15, 0.2) is 0 Å². The molecular weight excluding hydrogens is 195 g/mol. The first-order valence-electron chi connectivity index (χ1n) is 4.10. The van der Waals surface area contributed by atoms with E-state index in [1.165, 1.54) is 12.0 Å². The van der Waals surface area contributed by atoms with Gasteiger partial charge in [0.2, 0.25) is 0 Å². The van der Waals surface area contributed by atoms with Gasteiger partial charge in [-0.15, -0.1) is 0 Å². The molecule has 1 atom stereocenters. The van der Waals surface area contributed by atoms with Gasteiger partial charge >= 0.3 is 0 Å². The van der Waals surface area contributed by atoms with E-state index in [1.54, 1.807) is 0 Å². The van der Waals surface area contributed by atoms with Crippen molar-refractivity contribution < 1.29 is 0 Å². The molecular formula is C8H14Cl2N2. The van der Waals surface area contributed by atoms with E-state index in [0.717, 1.165) is 19.6 Å². The highest BCUT2D eigenvalue weighted by molar-refractivity contribution is 6.36. The van der Waals surface area contributed by atoms with Crippen molar-refractivity contribution in [2.75, 3.05) is 26.7 Å². The quantitative estimate of drug-likeness (QED) is 0.759. The number of rotatable bonds is 3. The van der Waals surface area contributed by atoms with Crippen molar-refractivity contribution in [1.82, 2.24) is 10.2 Å². The molecule has 4 heteroatoms. The maximum absolute atomic E-state index is 5.80. The molecule has 0 aromatic rings. The van der Waals surface area contributed by atoms with Gasteiger partial charge in [0.05, 0.1) is 0 Å². The largest absolute Gasteiger partial charge is 0.316 e. The number of halogens is 2. The van der Waals surface area contributed by atoms with Crippen LogP contribution < -0.4 is 5.32 Å². The summed E-state index contributed by atoms with van der Waals surface area (Å²) in [4.78, 5) is 2.29. The summed E-state index contributed by atoms with van der Waals surface area (Å²) in [5.74, 6) is 0. The summed E-state index contributed by atoms with van der Waals surface area (Å²) in [5, 5.41) is 3.96. The van der Waals surface area contributed by atoms with Crippen molar-refractivity contribution in [2.45, 2.75) is 12.5 Å². The first-order valence-corrected chi connectivity index (χ1v) is 4.92. The van der Waals surface area contributed by atoms with Crippen molar-refractivity contribution >= 4 is 23.2 Å². The number of hydrogen-bond donors (Lipinski definition) is 1. The SMILES string of the molecule is CNC1CCN(CC(Cl)=CCl)C1. The molecule has 2 nitrogen and oxygen atoms in total. The molecule has 1 aliphatic rings. The number of likely N-dealkylation sites (tertiary alicyclic amines) is 1. The fourth-order valence-corrected chi connectivity index (χ4v) is 1.70. The lowest BCUT2D eigenvalue weighted by Crippen LogP contribution is -2.30. The van der Waals surface area contributed by atoms with E-state index in [-0.39, 0.29) is 0 Å². The zero-order valence-electron chi connectivity index (χ0n) is 7.19. The van der Waals surface area contributed by atoms with E-state index in [0.29, 0.717) is 11.1 Å². The monoisotopic (exact) mass is 208 g/mol. The van der Waals surface area contributed by atoms with Gasteiger partial charge < -0.3 is 5.32 Å². The molecule has 0 bridgehead atoms. The van der Waals surface area contributed by atoms with Crippen LogP contribution in [0.25, 0.3) is 0 Å². The highest BCUT2D eigenvalue weighted by atomic mass is 35.5. The van der Waals surface area contributed by atoms with Gasteiger partial charge in [0, 0.05) is 36.2 Å². The lowest BCUT2D eigenvalue weighted by molar-refractivity contribution is 0.363. The summed E-state index contributed by atoms with van der Waals surface area (Å²) >= 11 is 11.3. The Balaban J connectivity index is 2.28. The number of nitrogens with zero attached hydrogens (tertiary/aromatic N) is 1. The summed E-state index contributed by atoms with van der Waals surface area (Å²) in [5.41, 5.74) is 1.44. The Bertz CT molecular complexity index is 170. The van der Waals surface area contributed by atoms with Crippen LogP contribution in [-0.2, 0) is 0 Å². The standard InChI is InChI=1S/C8H14Cl2N2/c1-11-8-2-3-12(6-8)5-7(10)4-9/h4,8,11H,2-3,5-6H2,1H3. The summed E-state index contributed by atoms with van der Waals surface area (Å²) in [6.45, 7) is 2.95. The highest BCUT2D eigenvalue weighted by Gasteiger charge is 2.20. The van der Waals surface area contributed by atoms with E-state index in [2.05, 4.69) is 10.2 Å². The summed E-state index contributed by atoms with van der Waals surface area (Å²) in [6.07, 6.45) is 1.20. The van der Waals surface area contributed by atoms with Crippen LogP contribution in [-0.4, -0.2) is 37.6 Å². The summed E-state index contributed by atoms with van der Waals surface area (Å²) < 4.78 is 0. The molecule has 0 aliphatic carbocycles. The zero-order valence-corrected chi connectivity index (χ0v) is 8.70. The maximum Gasteiger partial charge on any atom is 0.0434 e. The van der Waals surface area contributed by atoms with Gasteiger partial charge in [-0.25, -0.2) is 0 Å². The Hall–Kier alpha value is 0.240.